The summed E-state index contributed by atoms with van der Waals surface area (Å²) in [4.78, 5) is 19.7. The van der Waals surface area contributed by atoms with Crippen LogP contribution in [0.5, 0.6) is 0 Å². The van der Waals surface area contributed by atoms with E-state index in [0.717, 1.165) is 70.8 Å². The molecule has 194 valence electrons. The molecule has 9 nitrogen and oxygen atoms in total. The zero-order chi connectivity index (χ0) is 25.5. The molecule has 1 saturated carbocycles. The molecule has 0 spiro atoms. The second kappa shape index (κ2) is 10.00. The summed E-state index contributed by atoms with van der Waals surface area (Å²) in [6.07, 6.45) is 6.99. The number of anilines is 2. The maximum atomic E-state index is 6.39. The summed E-state index contributed by atoms with van der Waals surface area (Å²) in [5.41, 5.74) is 17.2. The van der Waals surface area contributed by atoms with Crippen LogP contribution in [0.15, 0.2) is 30.6 Å². The molecular formula is C27H35N9S. The Balaban J connectivity index is 1.28. The lowest BCUT2D eigenvalue weighted by atomic mass is 9.90. The number of rotatable bonds is 5. The van der Waals surface area contributed by atoms with Crippen molar-refractivity contribution < 1.29 is 0 Å². The molecule has 4 aromatic rings. The number of aryl methyl sites for hydroxylation is 1. The lowest BCUT2D eigenvalue weighted by molar-refractivity contribution is 0.0815. The molecule has 10 heteroatoms. The number of hydrogen-bond acceptors (Lipinski definition) is 9. The van der Waals surface area contributed by atoms with E-state index in [-0.39, 0.29) is 0 Å². The Morgan fingerprint density at radius 1 is 0.919 bits per heavy atom. The van der Waals surface area contributed by atoms with Gasteiger partial charge in [-0.2, -0.15) is 5.10 Å². The Morgan fingerprint density at radius 2 is 1.59 bits per heavy atom. The third-order valence-electron chi connectivity index (χ3n) is 8.05. The Kier molecular flexibility index (Phi) is 6.56. The lowest BCUT2D eigenvalue weighted by Crippen LogP contribution is -2.49. The SMILES string of the molecule is CCc1nc(N)sc1-c1ccc(-c2nn(C3CCC(N4CCN(C)CC4)CC3)c3ncnc(N)c23)cc1. The van der Waals surface area contributed by atoms with Gasteiger partial charge in [0.1, 0.15) is 17.8 Å². The van der Waals surface area contributed by atoms with Gasteiger partial charge < -0.3 is 16.4 Å². The maximum Gasteiger partial charge on any atom is 0.180 e. The predicted octanol–water partition coefficient (Wildman–Crippen LogP) is 4.07. The van der Waals surface area contributed by atoms with Crippen molar-refractivity contribution in [3.05, 3.63) is 36.3 Å². The minimum atomic E-state index is 0.320. The summed E-state index contributed by atoms with van der Waals surface area (Å²) in [7, 11) is 2.22. The van der Waals surface area contributed by atoms with Crippen LogP contribution in [0.2, 0.25) is 0 Å². The highest BCUT2D eigenvalue weighted by Crippen LogP contribution is 2.38. The van der Waals surface area contributed by atoms with E-state index in [1.807, 2.05) is 0 Å². The van der Waals surface area contributed by atoms with Crippen molar-refractivity contribution in [1.82, 2.24) is 34.5 Å². The van der Waals surface area contributed by atoms with Gasteiger partial charge in [0.15, 0.2) is 10.8 Å². The van der Waals surface area contributed by atoms with Crippen LogP contribution < -0.4 is 11.5 Å². The van der Waals surface area contributed by atoms with E-state index in [1.54, 1.807) is 6.33 Å². The third-order valence-corrected chi connectivity index (χ3v) is 9.03. The average Bonchev–Trinajstić information content (AvgIpc) is 3.51. The molecule has 1 aliphatic carbocycles. The van der Waals surface area contributed by atoms with Gasteiger partial charge in [-0.3, -0.25) is 4.90 Å². The summed E-state index contributed by atoms with van der Waals surface area (Å²) in [5, 5.41) is 6.56. The molecular weight excluding hydrogens is 482 g/mol. The van der Waals surface area contributed by atoms with Crippen molar-refractivity contribution in [3.8, 4) is 21.7 Å². The molecule has 1 aliphatic heterocycles. The fraction of sp³-hybridized carbons (Fsp3) is 0.481. The summed E-state index contributed by atoms with van der Waals surface area (Å²) in [6, 6.07) is 9.44. The fourth-order valence-corrected chi connectivity index (χ4v) is 6.85. The minimum absolute atomic E-state index is 0.320. The van der Waals surface area contributed by atoms with E-state index in [4.69, 9.17) is 16.6 Å². The molecule has 3 aromatic heterocycles. The number of aromatic nitrogens is 5. The molecule has 1 aromatic carbocycles. The summed E-state index contributed by atoms with van der Waals surface area (Å²) < 4.78 is 2.12. The summed E-state index contributed by atoms with van der Waals surface area (Å²) in [5.74, 6) is 0.477. The molecule has 0 atom stereocenters. The van der Waals surface area contributed by atoms with Gasteiger partial charge in [0.25, 0.3) is 0 Å². The van der Waals surface area contributed by atoms with Crippen molar-refractivity contribution in [2.45, 2.75) is 51.1 Å². The van der Waals surface area contributed by atoms with Gasteiger partial charge in [-0.15, -0.1) is 0 Å². The third kappa shape index (κ3) is 4.58. The van der Waals surface area contributed by atoms with E-state index in [1.165, 1.54) is 37.3 Å². The van der Waals surface area contributed by atoms with Crippen LogP contribution in [-0.2, 0) is 6.42 Å². The van der Waals surface area contributed by atoms with Gasteiger partial charge in [-0.1, -0.05) is 42.5 Å². The molecule has 0 bridgehead atoms. The molecule has 1 saturated heterocycles. The number of nitrogen functional groups attached to an aromatic ring is 2. The van der Waals surface area contributed by atoms with E-state index < -0.39 is 0 Å². The van der Waals surface area contributed by atoms with Crippen molar-refractivity contribution >= 4 is 33.3 Å². The Morgan fingerprint density at radius 3 is 2.30 bits per heavy atom. The molecule has 0 amide bonds. The molecule has 2 fully saturated rings. The second-order valence-electron chi connectivity index (χ2n) is 10.3. The first-order valence-corrected chi connectivity index (χ1v) is 14.1. The van der Waals surface area contributed by atoms with Gasteiger partial charge >= 0.3 is 0 Å². The first kappa shape index (κ1) is 24.3. The van der Waals surface area contributed by atoms with E-state index in [2.05, 4.69) is 67.7 Å². The second-order valence-corrected chi connectivity index (χ2v) is 11.3. The Hall–Kier alpha value is -3.08. The number of hydrogen-bond donors (Lipinski definition) is 2. The highest BCUT2D eigenvalue weighted by Gasteiger charge is 2.30. The molecule has 0 unspecified atom stereocenters. The number of piperazine rings is 1. The largest absolute Gasteiger partial charge is 0.383 e. The van der Waals surface area contributed by atoms with Crippen LogP contribution in [0, 0.1) is 0 Å². The van der Waals surface area contributed by atoms with Gasteiger partial charge in [0, 0.05) is 37.8 Å². The quantitative estimate of drug-likeness (QED) is 0.407. The molecule has 6 rings (SSSR count). The van der Waals surface area contributed by atoms with E-state index in [0.29, 0.717) is 23.0 Å². The maximum absolute atomic E-state index is 6.39. The number of likely N-dealkylation sites (N-methyl/N-ethyl adjacent to an activating group) is 1. The van der Waals surface area contributed by atoms with Crippen LogP contribution in [0.25, 0.3) is 32.7 Å². The van der Waals surface area contributed by atoms with Crippen LogP contribution in [-0.4, -0.2) is 73.8 Å². The van der Waals surface area contributed by atoms with Crippen LogP contribution in [0.3, 0.4) is 0 Å². The van der Waals surface area contributed by atoms with Crippen molar-refractivity contribution in [3.63, 3.8) is 0 Å². The van der Waals surface area contributed by atoms with Crippen LogP contribution >= 0.6 is 11.3 Å². The molecule has 0 radical (unpaired) electrons. The fourth-order valence-electron chi connectivity index (χ4n) is 5.92. The van der Waals surface area contributed by atoms with Gasteiger partial charge in [-0.25, -0.2) is 19.6 Å². The smallest absolute Gasteiger partial charge is 0.180 e. The lowest BCUT2D eigenvalue weighted by Gasteiger charge is -2.41. The number of nitrogens with two attached hydrogens (primary N) is 2. The first-order chi connectivity index (χ1) is 18.0. The van der Waals surface area contributed by atoms with Crippen molar-refractivity contribution in [2.24, 2.45) is 0 Å². The number of fused-ring (bicyclic) bond motifs is 1. The Labute approximate surface area is 221 Å². The monoisotopic (exact) mass is 517 g/mol. The summed E-state index contributed by atoms with van der Waals surface area (Å²) in [6.45, 7) is 6.78. The standard InChI is InChI=1S/C27H35N9S/c1-3-21-24(37-27(29)32-21)18-6-4-17(5-7-18)23-22-25(28)30-16-31-26(22)36(33-23)20-10-8-19(9-11-20)35-14-12-34(2)13-15-35/h4-7,16,19-20H,3,8-15H2,1-2H3,(H2,29,32)(H2,28,30,31). The topological polar surface area (TPSA) is 115 Å². The number of nitrogens with zero attached hydrogens (tertiary/aromatic N) is 7. The van der Waals surface area contributed by atoms with Crippen LogP contribution in [0.1, 0.15) is 44.3 Å². The number of thiazole rings is 1. The van der Waals surface area contributed by atoms with Crippen molar-refractivity contribution in [1.29, 1.82) is 0 Å². The van der Waals surface area contributed by atoms with E-state index >= 15 is 0 Å². The zero-order valence-electron chi connectivity index (χ0n) is 21.6. The van der Waals surface area contributed by atoms with Crippen LogP contribution in [0.4, 0.5) is 10.9 Å². The highest BCUT2D eigenvalue weighted by molar-refractivity contribution is 7.18. The molecule has 4 N–H and O–H groups in total. The van der Waals surface area contributed by atoms with Gasteiger partial charge in [0.2, 0.25) is 0 Å². The van der Waals surface area contributed by atoms with Gasteiger partial charge in [-0.05, 0) is 44.7 Å². The predicted molar refractivity (Wildman–Crippen MR) is 150 cm³/mol. The van der Waals surface area contributed by atoms with Crippen molar-refractivity contribution in [2.75, 3.05) is 44.7 Å². The molecule has 2 aliphatic rings. The average molecular weight is 518 g/mol. The highest BCUT2D eigenvalue weighted by atomic mass is 32.1. The number of benzene rings is 1. The molecule has 37 heavy (non-hydrogen) atoms. The van der Waals surface area contributed by atoms with E-state index in [9.17, 15) is 0 Å². The van der Waals surface area contributed by atoms with Gasteiger partial charge in [0.05, 0.1) is 22.0 Å². The molecule has 4 heterocycles. The zero-order valence-corrected chi connectivity index (χ0v) is 22.4. The minimum Gasteiger partial charge on any atom is -0.383 e. The normalized spacial score (nSPS) is 21.6. The summed E-state index contributed by atoms with van der Waals surface area (Å²) >= 11 is 1.53. The first-order valence-electron chi connectivity index (χ1n) is 13.3. The Bertz CT molecular complexity index is 1380.